The molecule has 3 N–H and O–H groups in total. The highest BCUT2D eigenvalue weighted by Gasteiger charge is 2.24. The normalized spacial score (nSPS) is 11.8. The molecule has 0 aliphatic heterocycles. The molecule has 1 rings (SSSR count). The molecule has 0 aromatic carbocycles. The summed E-state index contributed by atoms with van der Waals surface area (Å²) in [4.78, 5) is 33.0. The monoisotopic (exact) mass is 321 g/mol. The first-order valence-corrected chi connectivity index (χ1v) is 6.02. The van der Waals surface area contributed by atoms with Crippen molar-refractivity contribution in [3.63, 3.8) is 0 Å². The number of aliphatic carboxylic acids is 2. The minimum absolute atomic E-state index is 0.313. The molecule has 1 heterocycles. The van der Waals surface area contributed by atoms with Crippen molar-refractivity contribution in [2.24, 2.45) is 0 Å². The Kier molecular flexibility index (Phi) is 4.64. The Morgan fingerprint density at radius 1 is 1.35 bits per heavy atom. The lowest BCUT2D eigenvalue weighted by Crippen LogP contribution is -2.41. The van der Waals surface area contributed by atoms with E-state index in [0.717, 1.165) is 15.1 Å². The molecule has 0 saturated carbocycles. The Labute approximate surface area is 108 Å². The second-order valence-electron chi connectivity index (χ2n) is 3.07. The van der Waals surface area contributed by atoms with Gasteiger partial charge < -0.3 is 15.5 Å². The number of carbonyl (C=O) groups is 3. The van der Waals surface area contributed by atoms with E-state index in [1.165, 1.54) is 6.07 Å². The van der Waals surface area contributed by atoms with Gasteiger partial charge in [-0.2, -0.15) is 0 Å². The molecule has 1 atom stereocenters. The molecule has 17 heavy (non-hydrogen) atoms. The summed E-state index contributed by atoms with van der Waals surface area (Å²) in [6.07, 6.45) is -0.659. The van der Waals surface area contributed by atoms with Crippen molar-refractivity contribution in [3.8, 4) is 0 Å². The van der Waals surface area contributed by atoms with Crippen LogP contribution in [0.25, 0.3) is 0 Å². The van der Waals surface area contributed by atoms with E-state index in [-0.39, 0.29) is 0 Å². The summed E-state index contributed by atoms with van der Waals surface area (Å²) in [5, 5.41) is 19.4. The molecule has 1 aromatic rings. The molecule has 6 nitrogen and oxygen atoms in total. The standard InChI is InChI=1S/C9H8BrNO5S/c10-6-2-1-5(17-6)8(14)11-4(9(15)16)3-7(12)13/h1-2,4H,3H2,(H,11,14)(H,12,13)(H,15,16)/t4-/m1/s1. The summed E-state index contributed by atoms with van der Waals surface area (Å²) in [5.74, 6) is -3.27. The average molecular weight is 322 g/mol. The molecular formula is C9H8BrNO5S. The number of nitrogens with one attached hydrogen (secondary N) is 1. The van der Waals surface area contributed by atoms with Crippen LogP contribution >= 0.6 is 27.3 Å². The third kappa shape index (κ3) is 4.16. The number of halogens is 1. The number of hydrogen-bond donors (Lipinski definition) is 3. The number of rotatable bonds is 5. The summed E-state index contributed by atoms with van der Waals surface area (Å²) in [5.41, 5.74) is 0. The third-order valence-corrected chi connectivity index (χ3v) is 3.40. The van der Waals surface area contributed by atoms with Gasteiger partial charge in [-0.15, -0.1) is 11.3 Å². The molecule has 0 fully saturated rings. The molecule has 0 bridgehead atoms. The number of carboxylic acids is 2. The maximum atomic E-state index is 11.6. The number of amides is 1. The second-order valence-corrected chi connectivity index (χ2v) is 5.53. The zero-order valence-corrected chi connectivity index (χ0v) is 10.7. The van der Waals surface area contributed by atoms with Crippen LogP contribution in [0.3, 0.4) is 0 Å². The fourth-order valence-electron chi connectivity index (χ4n) is 1.04. The van der Waals surface area contributed by atoms with Gasteiger partial charge in [-0.3, -0.25) is 9.59 Å². The lowest BCUT2D eigenvalue weighted by Gasteiger charge is -2.11. The molecule has 0 aliphatic carbocycles. The number of hydrogen-bond acceptors (Lipinski definition) is 4. The van der Waals surface area contributed by atoms with Crippen molar-refractivity contribution in [1.29, 1.82) is 0 Å². The Morgan fingerprint density at radius 3 is 2.41 bits per heavy atom. The van der Waals surface area contributed by atoms with Gasteiger partial charge in [-0.05, 0) is 28.1 Å². The van der Waals surface area contributed by atoms with E-state index in [9.17, 15) is 14.4 Å². The molecule has 1 amide bonds. The van der Waals surface area contributed by atoms with E-state index in [1.54, 1.807) is 6.07 Å². The predicted molar refractivity (Wildman–Crippen MR) is 63.2 cm³/mol. The van der Waals surface area contributed by atoms with Crippen molar-refractivity contribution < 1.29 is 24.6 Å². The number of carbonyl (C=O) groups excluding carboxylic acids is 1. The summed E-state index contributed by atoms with van der Waals surface area (Å²) in [6, 6.07) is 1.73. The maximum Gasteiger partial charge on any atom is 0.326 e. The summed E-state index contributed by atoms with van der Waals surface area (Å²) < 4.78 is 0.729. The summed E-state index contributed by atoms with van der Waals surface area (Å²) in [6.45, 7) is 0. The van der Waals surface area contributed by atoms with Crippen LogP contribution in [0, 0.1) is 0 Å². The van der Waals surface area contributed by atoms with Gasteiger partial charge in [0, 0.05) is 0 Å². The van der Waals surface area contributed by atoms with Crippen LogP contribution in [0.15, 0.2) is 15.9 Å². The average Bonchev–Trinajstić information content (AvgIpc) is 2.63. The van der Waals surface area contributed by atoms with Crippen molar-refractivity contribution in [3.05, 3.63) is 20.8 Å². The van der Waals surface area contributed by atoms with Gasteiger partial charge in [-0.25, -0.2) is 4.79 Å². The molecular weight excluding hydrogens is 314 g/mol. The Balaban J connectivity index is 2.70. The van der Waals surface area contributed by atoms with Gasteiger partial charge in [0.15, 0.2) is 0 Å². The minimum atomic E-state index is -1.43. The fourth-order valence-corrected chi connectivity index (χ4v) is 2.33. The first kappa shape index (κ1) is 13.7. The van der Waals surface area contributed by atoms with E-state index >= 15 is 0 Å². The smallest absolute Gasteiger partial charge is 0.326 e. The topological polar surface area (TPSA) is 104 Å². The van der Waals surface area contributed by atoms with Crippen molar-refractivity contribution >= 4 is 45.1 Å². The molecule has 92 valence electrons. The van der Waals surface area contributed by atoms with Crippen LogP contribution in [-0.4, -0.2) is 34.1 Å². The van der Waals surface area contributed by atoms with Crippen LogP contribution in [0.1, 0.15) is 16.1 Å². The van der Waals surface area contributed by atoms with E-state index < -0.39 is 30.3 Å². The van der Waals surface area contributed by atoms with Crippen LogP contribution in [-0.2, 0) is 9.59 Å². The first-order chi connectivity index (χ1) is 7.90. The maximum absolute atomic E-state index is 11.6. The van der Waals surface area contributed by atoms with Crippen molar-refractivity contribution in [2.45, 2.75) is 12.5 Å². The van der Waals surface area contributed by atoms with Crippen molar-refractivity contribution in [1.82, 2.24) is 5.32 Å². The highest BCUT2D eigenvalue weighted by molar-refractivity contribution is 9.11. The molecule has 0 saturated heterocycles. The third-order valence-electron chi connectivity index (χ3n) is 1.78. The van der Waals surface area contributed by atoms with Crippen LogP contribution in [0.5, 0.6) is 0 Å². The van der Waals surface area contributed by atoms with Gasteiger partial charge in [0.05, 0.1) is 15.1 Å². The van der Waals surface area contributed by atoms with Gasteiger partial charge in [-0.1, -0.05) is 0 Å². The summed E-state index contributed by atoms with van der Waals surface area (Å²) >= 11 is 4.30. The highest BCUT2D eigenvalue weighted by Crippen LogP contribution is 2.21. The van der Waals surface area contributed by atoms with E-state index in [4.69, 9.17) is 10.2 Å². The lowest BCUT2D eigenvalue weighted by atomic mass is 10.2. The zero-order chi connectivity index (χ0) is 13.0. The Bertz CT molecular complexity index is 458. The molecule has 0 unspecified atom stereocenters. The Morgan fingerprint density at radius 2 is 2.00 bits per heavy atom. The van der Waals surface area contributed by atoms with Crippen LogP contribution in [0.4, 0.5) is 0 Å². The van der Waals surface area contributed by atoms with Gasteiger partial charge in [0.25, 0.3) is 5.91 Å². The van der Waals surface area contributed by atoms with E-state index in [1.807, 2.05) is 0 Å². The number of thiophene rings is 1. The molecule has 0 spiro atoms. The van der Waals surface area contributed by atoms with E-state index in [2.05, 4.69) is 21.2 Å². The Hall–Kier alpha value is -1.41. The van der Waals surface area contributed by atoms with E-state index in [0.29, 0.717) is 4.88 Å². The minimum Gasteiger partial charge on any atom is -0.481 e. The molecule has 1 aromatic heterocycles. The lowest BCUT2D eigenvalue weighted by molar-refractivity contribution is -0.145. The first-order valence-electron chi connectivity index (χ1n) is 4.41. The second kappa shape index (κ2) is 5.78. The van der Waals surface area contributed by atoms with Gasteiger partial charge >= 0.3 is 11.9 Å². The fraction of sp³-hybridized carbons (Fsp3) is 0.222. The quantitative estimate of drug-likeness (QED) is 0.755. The molecule has 0 aliphatic rings. The van der Waals surface area contributed by atoms with Gasteiger partial charge in [0.2, 0.25) is 0 Å². The molecule has 0 radical (unpaired) electrons. The summed E-state index contributed by atoms with van der Waals surface area (Å²) in [7, 11) is 0. The van der Waals surface area contributed by atoms with Crippen molar-refractivity contribution in [2.75, 3.05) is 0 Å². The molecule has 8 heteroatoms. The highest BCUT2D eigenvalue weighted by atomic mass is 79.9. The van der Waals surface area contributed by atoms with Crippen LogP contribution < -0.4 is 5.32 Å². The SMILES string of the molecule is O=C(O)C[C@@H](NC(=O)c1ccc(Br)s1)C(=O)O. The van der Waals surface area contributed by atoms with Crippen LogP contribution in [0.2, 0.25) is 0 Å². The predicted octanol–water partition coefficient (Wildman–Crippen LogP) is 1.17. The zero-order valence-electron chi connectivity index (χ0n) is 8.34. The largest absolute Gasteiger partial charge is 0.481 e. The number of carboxylic acid groups (broad SMARTS) is 2. The van der Waals surface area contributed by atoms with Gasteiger partial charge in [0.1, 0.15) is 6.04 Å².